The van der Waals surface area contributed by atoms with Crippen LogP contribution in [-0.2, 0) is 14.8 Å². The van der Waals surface area contributed by atoms with Crippen molar-refractivity contribution in [2.45, 2.75) is 17.9 Å². The van der Waals surface area contributed by atoms with Crippen LogP contribution in [0.5, 0.6) is 5.75 Å². The molecule has 5 rings (SSSR count). The van der Waals surface area contributed by atoms with Gasteiger partial charge in [-0.15, -0.1) is 0 Å². The van der Waals surface area contributed by atoms with E-state index in [1.807, 2.05) is 6.92 Å². The minimum Gasteiger partial charge on any atom is -0.492 e. The van der Waals surface area contributed by atoms with Gasteiger partial charge in [-0.1, -0.05) is 40.5 Å². The fourth-order valence-electron chi connectivity index (χ4n) is 4.33. The molecule has 0 fully saturated rings. The van der Waals surface area contributed by atoms with Gasteiger partial charge in [0.05, 0.1) is 28.8 Å². The molecule has 3 aromatic carbocycles. The summed E-state index contributed by atoms with van der Waals surface area (Å²) in [6, 6.07) is 15.6. The zero-order chi connectivity index (χ0) is 25.6. The number of hydrogen-bond donors (Lipinski definition) is 0. The van der Waals surface area contributed by atoms with Gasteiger partial charge >= 0.3 is 5.97 Å². The standard InChI is InChI=1S/C25H19ClN4O5S/c1-14-3-5-18(6-4-14)36(32,33)30-22-8-7-19-21(28-29-27)13-35-24(19)20(22)12-23(30)15-9-16(25(31)34-2)11-17(26)10-15/h3-12,21H,13H2,1-2H3. The maximum Gasteiger partial charge on any atom is 0.337 e. The molecule has 11 heteroatoms. The van der Waals surface area contributed by atoms with Gasteiger partial charge in [-0.3, -0.25) is 0 Å². The lowest BCUT2D eigenvalue weighted by atomic mass is 10.1. The van der Waals surface area contributed by atoms with Crippen molar-refractivity contribution in [1.82, 2.24) is 3.97 Å². The van der Waals surface area contributed by atoms with E-state index in [0.717, 1.165) is 5.56 Å². The number of aromatic nitrogens is 1. The second kappa shape index (κ2) is 8.91. The largest absolute Gasteiger partial charge is 0.492 e. The fraction of sp³-hybridized carbons (Fsp3) is 0.160. The summed E-state index contributed by atoms with van der Waals surface area (Å²) in [5.41, 5.74) is 11.7. The zero-order valence-corrected chi connectivity index (χ0v) is 20.7. The van der Waals surface area contributed by atoms with Crippen molar-refractivity contribution < 1.29 is 22.7 Å². The maximum atomic E-state index is 14.0. The van der Waals surface area contributed by atoms with Gasteiger partial charge in [0.15, 0.2) is 0 Å². The second-order valence-electron chi connectivity index (χ2n) is 8.28. The molecule has 0 bridgehead atoms. The van der Waals surface area contributed by atoms with Crippen LogP contribution in [0.3, 0.4) is 0 Å². The van der Waals surface area contributed by atoms with Gasteiger partial charge in [0, 0.05) is 26.4 Å². The van der Waals surface area contributed by atoms with E-state index < -0.39 is 22.0 Å². The first-order chi connectivity index (χ1) is 17.2. The number of fused-ring (bicyclic) bond motifs is 3. The summed E-state index contributed by atoms with van der Waals surface area (Å²) in [5.74, 6) is -0.163. The lowest BCUT2D eigenvalue weighted by Crippen LogP contribution is -2.14. The van der Waals surface area contributed by atoms with E-state index in [2.05, 4.69) is 10.0 Å². The number of halogens is 1. The Hall–Kier alpha value is -3.98. The van der Waals surface area contributed by atoms with Crippen LogP contribution in [0.1, 0.15) is 27.5 Å². The normalized spacial score (nSPS) is 14.7. The van der Waals surface area contributed by atoms with Gasteiger partial charge in [-0.25, -0.2) is 17.2 Å². The highest BCUT2D eigenvalue weighted by atomic mass is 35.5. The molecule has 0 amide bonds. The molecule has 2 heterocycles. The third kappa shape index (κ3) is 3.85. The van der Waals surface area contributed by atoms with E-state index >= 15 is 0 Å². The van der Waals surface area contributed by atoms with Crippen LogP contribution in [0, 0.1) is 6.92 Å². The zero-order valence-electron chi connectivity index (χ0n) is 19.2. The third-order valence-electron chi connectivity index (χ3n) is 6.03. The molecule has 1 unspecified atom stereocenters. The molecular formula is C25H19ClN4O5S. The second-order valence-corrected chi connectivity index (χ2v) is 10.5. The minimum absolute atomic E-state index is 0.0930. The Bertz CT molecular complexity index is 1690. The Balaban J connectivity index is 1.84. The van der Waals surface area contributed by atoms with Crippen LogP contribution in [0.15, 0.2) is 70.7 Å². The maximum absolute atomic E-state index is 14.0. The van der Waals surface area contributed by atoms with Gasteiger partial charge in [0.1, 0.15) is 18.4 Å². The number of methoxy groups -OCH3 is 1. The van der Waals surface area contributed by atoms with Gasteiger partial charge in [-0.05, 0) is 54.9 Å². The van der Waals surface area contributed by atoms with E-state index in [1.54, 1.807) is 48.5 Å². The molecule has 182 valence electrons. The summed E-state index contributed by atoms with van der Waals surface area (Å²) in [4.78, 5) is 15.2. The monoisotopic (exact) mass is 522 g/mol. The number of carbonyl (C=O) groups is 1. The summed E-state index contributed by atoms with van der Waals surface area (Å²) in [5, 5.41) is 4.54. The first-order valence-electron chi connectivity index (χ1n) is 10.8. The third-order valence-corrected chi connectivity index (χ3v) is 7.99. The van der Waals surface area contributed by atoms with E-state index in [4.69, 9.17) is 26.6 Å². The number of hydrogen-bond acceptors (Lipinski definition) is 6. The average Bonchev–Trinajstić information content (AvgIpc) is 3.45. The molecule has 1 aliphatic rings. The number of aryl methyl sites for hydroxylation is 1. The first-order valence-corrected chi connectivity index (χ1v) is 12.6. The SMILES string of the molecule is COC(=O)c1cc(Cl)cc(-c2cc3c4c(ccc3n2S(=O)(=O)c2ccc(C)cc2)C(N=[N+]=[N-])CO4)c1. The number of esters is 1. The van der Waals surface area contributed by atoms with Crippen molar-refractivity contribution >= 4 is 38.5 Å². The predicted molar refractivity (Wildman–Crippen MR) is 135 cm³/mol. The van der Waals surface area contributed by atoms with E-state index in [-0.39, 0.29) is 27.8 Å². The molecule has 0 saturated carbocycles. The molecule has 4 aromatic rings. The van der Waals surface area contributed by atoms with Gasteiger partial charge < -0.3 is 9.47 Å². The molecule has 1 aromatic heterocycles. The summed E-state index contributed by atoms with van der Waals surface area (Å²) in [7, 11) is -2.84. The molecule has 1 aliphatic heterocycles. The van der Waals surface area contributed by atoms with Crippen LogP contribution in [0.25, 0.3) is 32.6 Å². The summed E-state index contributed by atoms with van der Waals surface area (Å²) >= 11 is 6.31. The summed E-state index contributed by atoms with van der Waals surface area (Å²) in [6.45, 7) is 2.02. The van der Waals surface area contributed by atoms with Crippen molar-refractivity contribution in [3.63, 3.8) is 0 Å². The van der Waals surface area contributed by atoms with Crippen LogP contribution < -0.4 is 4.74 Å². The number of azide groups is 1. The highest BCUT2D eigenvalue weighted by molar-refractivity contribution is 7.90. The number of benzene rings is 3. The van der Waals surface area contributed by atoms with E-state index in [1.165, 1.54) is 23.2 Å². The van der Waals surface area contributed by atoms with Crippen molar-refractivity contribution in [3.8, 4) is 17.0 Å². The van der Waals surface area contributed by atoms with E-state index in [0.29, 0.717) is 27.8 Å². The number of rotatable bonds is 5. The minimum atomic E-state index is -4.09. The molecule has 0 spiro atoms. The summed E-state index contributed by atoms with van der Waals surface area (Å²) < 4.78 is 39.8. The number of ether oxygens (including phenoxy) is 2. The van der Waals surface area contributed by atoms with Crippen molar-refractivity contribution in [1.29, 1.82) is 0 Å². The Kier molecular flexibility index (Phi) is 5.88. The average molecular weight is 523 g/mol. The molecule has 0 radical (unpaired) electrons. The van der Waals surface area contributed by atoms with Crippen LogP contribution in [0.2, 0.25) is 5.02 Å². The Morgan fingerprint density at radius 2 is 1.92 bits per heavy atom. The van der Waals surface area contributed by atoms with Gasteiger partial charge in [0.2, 0.25) is 0 Å². The summed E-state index contributed by atoms with van der Waals surface area (Å²) in [6.07, 6.45) is 0. The molecule has 9 nitrogen and oxygen atoms in total. The van der Waals surface area contributed by atoms with Gasteiger partial charge in [0.25, 0.3) is 10.0 Å². The Morgan fingerprint density at radius 3 is 2.61 bits per heavy atom. The number of carbonyl (C=O) groups excluding carboxylic acids is 1. The molecular weight excluding hydrogens is 504 g/mol. The van der Waals surface area contributed by atoms with Crippen molar-refractivity contribution in [2.24, 2.45) is 5.11 Å². The van der Waals surface area contributed by atoms with Crippen LogP contribution in [0.4, 0.5) is 0 Å². The topological polar surface area (TPSA) is 123 Å². The highest BCUT2D eigenvalue weighted by Gasteiger charge is 2.31. The predicted octanol–water partition coefficient (Wildman–Crippen LogP) is 6.04. The smallest absolute Gasteiger partial charge is 0.337 e. The van der Waals surface area contributed by atoms with Crippen LogP contribution in [-0.4, -0.2) is 32.1 Å². The lowest BCUT2D eigenvalue weighted by molar-refractivity contribution is 0.0600. The number of nitrogens with zero attached hydrogens (tertiary/aromatic N) is 4. The van der Waals surface area contributed by atoms with Crippen molar-refractivity contribution in [3.05, 3.63) is 92.8 Å². The fourth-order valence-corrected chi connectivity index (χ4v) is 6.09. The molecule has 0 saturated heterocycles. The molecule has 36 heavy (non-hydrogen) atoms. The lowest BCUT2D eigenvalue weighted by Gasteiger charge is -2.14. The first kappa shape index (κ1) is 23.7. The highest BCUT2D eigenvalue weighted by Crippen LogP contribution is 2.44. The van der Waals surface area contributed by atoms with Gasteiger partial charge in [-0.2, -0.15) is 0 Å². The molecule has 0 aliphatic carbocycles. The van der Waals surface area contributed by atoms with E-state index in [9.17, 15) is 13.2 Å². The Morgan fingerprint density at radius 1 is 1.17 bits per heavy atom. The van der Waals surface area contributed by atoms with Crippen molar-refractivity contribution in [2.75, 3.05) is 13.7 Å². The van der Waals surface area contributed by atoms with Crippen LogP contribution >= 0.6 is 11.6 Å². The Labute approximate surface area is 211 Å². The quantitative estimate of drug-likeness (QED) is 0.137. The molecule has 1 atom stereocenters. The molecule has 0 N–H and O–H groups in total.